The number of hydrogen-bond acceptors (Lipinski definition) is 4. The molecule has 0 saturated carbocycles. The van der Waals surface area contributed by atoms with Gasteiger partial charge in [0, 0.05) is 5.69 Å². The highest BCUT2D eigenvalue weighted by molar-refractivity contribution is 6.09. The van der Waals surface area contributed by atoms with Gasteiger partial charge in [0.15, 0.2) is 0 Å². The second-order valence-corrected chi connectivity index (χ2v) is 7.19. The Morgan fingerprint density at radius 3 is 2.25 bits per heavy atom. The zero-order valence-electron chi connectivity index (χ0n) is 18.1. The van der Waals surface area contributed by atoms with Crippen molar-refractivity contribution in [2.75, 3.05) is 11.9 Å². The molecular formula is C27H26N2O3. The summed E-state index contributed by atoms with van der Waals surface area (Å²) in [5.41, 5.74) is 2.44. The third kappa shape index (κ3) is 7.03. The maximum absolute atomic E-state index is 12.5. The number of amides is 1. The maximum atomic E-state index is 12.5. The predicted octanol–water partition coefficient (Wildman–Crippen LogP) is 5.99. The van der Waals surface area contributed by atoms with Gasteiger partial charge in [-0.15, -0.1) is 0 Å². The van der Waals surface area contributed by atoms with Gasteiger partial charge < -0.3 is 14.8 Å². The molecule has 0 fully saturated rings. The summed E-state index contributed by atoms with van der Waals surface area (Å²) < 4.78 is 11.4. The first kappa shape index (κ1) is 22.6. The van der Waals surface area contributed by atoms with Crippen molar-refractivity contribution >= 4 is 17.7 Å². The minimum Gasteiger partial charge on any atom is -0.494 e. The van der Waals surface area contributed by atoms with E-state index in [9.17, 15) is 10.1 Å². The largest absolute Gasteiger partial charge is 0.494 e. The van der Waals surface area contributed by atoms with E-state index in [4.69, 9.17) is 9.47 Å². The molecule has 0 saturated heterocycles. The molecule has 32 heavy (non-hydrogen) atoms. The molecule has 0 aliphatic carbocycles. The average molecular weight is 427 g/mol. The molecular weight excluding hydrogens is 400 g/mol. The van der Waals surface area contributed by atoms with Crippen LogP contribution >= 0.6 is 0 Å². The number of hydrogen-bond donors (Lipinski definition) is 1. The number of carbonyl (C=O) groups excluding carboxylic acids is 1. The van der Waals surface area contributed by atoms with Crippen LogP contribution in [0.1, 0.15) is 30.9 Å². The van der Waals surface area contributed by atoms with Crippen molar-refractivity contribution in [3.8, 4) is 17.6 Å². The summed E-state index contributed by atoms with van der Waals surface area (Å²) in [4.78, 5) is 12.5. The lowest BCUT2D eigenvalue weighted by molar-refractivity contribution is -0.112. The van der Waals surface area contributed by atoms with E-state index < -0.39 is 5.91 Å². The van der Waals surface area contributed by atoms with E-state index in [1.165, 1.54) is 0 Å². The van der Waals surface area contributed by atoms with E-state index in [0.29, 0.717) is 24.7 Å². The summed E-state index contributed by atoms with van der Waals surface area (Å²) in [5, 5.41) is 12.2. The van der Waals surface area contributed by atoms with Gasteiger partial charge in [-0.2, -0.15) is 5.26 Å². The van der Waals surface area contributed by atoms with E-state index >= 15 is 0 Å². The highest BCUT2D eigenvalue weighted by atomic mass is 16.5. The normalized spacial score (nSPS) is 10.8. The molecule has 3 rings (SSSR count). The average Bonchev–Trinajstić information content (AvgIpc) is 2.84. The summed E-state index contributed by atoms with van der Waals surface area (Å²) in [6.45, 7) is 3.25. The number of nitrogens with one attached hydrogen (secondary N) is 1. The minimum absolute atomic E-state index is 0.0223. The van der Waals surface area contributed by atoms with E-state index in [1.54, 1.807) is 30.3 Å². The molecule has 0 atom stereocenters. The van der Waals surface area contributed by atoms with Gasteiger partial charge in [-0.1, -0.05) is 55.8 Å². The first-order chi connectivity index (χ1) is 15.7. The Labute approximate surface area is 188 Å². The number of unbranched alkanes of at least 4 members (excludes halogenated alkanes) is 1. The molecule has 0 bridgehead atoms. The van der Waals surface area contributed by atoms with Gasteiger partial charge in [0.2, 0.25) is 0 Å². The molecule has 162 valence electrons. The van der Waals surface area contributed by atoms with Crippen LogP contribution < -0.4 is 14.8 Å². The van der Waals surface area contributed by atoms with Crippen LogP contribution in [0.2, 0.25) is 0 Å². The van der Waals surface area contributed by atoms with Crippen LogP contribution in [-0.2, 0) is 11.4 Å². The smallest absolute Gasteiger partial charge is 0.266 e. The second-order valence-electron chi connectivity index (χ2n) is 7.19. The van der Waals surface area contributed by atoms with Crippen molar-refractivity contribution in [1.29, 1.82) is 5.26 Å². The number of carbonyl (C=O) groups is 1. The van der Waals surface area contributed by atoms with E-state index in [-0.39, 0.29) is 5.57 Å². The molecule has 1 N–H and O–H groups in total. The lowest BCUT2D eigenvalue weighted by Gasteiger charge is -2.08. The molecule has 0 spiro atoms. The molecule has 3 aromatic carbocycles. The maximum Gasteiger partial charge on any atom is 0.266 e. The molecule has 1 amide bonds. The number of ether oxygens (including phenoxy) is 2. The van der Waals surface area contributed by atoms with Crippen LogP contribution in [0.25, 0.3) is 6.08 Å². The summed E-state index contributed by atoms with van der Waals surface area (Å²) in [5.74, 6) is 1.01. The molecule has 0 radical (unpaired) electrons. The summed E-state index contributed by atoms with van der Waals surface area (Å²) in [6, 6.07) is 26.2. The number of anilines is 1. The lowest BCUT2D eigenvalue weighted by Crippen LogP contribution is -2.13. The van der Waals surface area contributed by atoms with Crippen molar-refractivity contribution < 1.29 is 14.3 Å². The summed E-state index contributed by atoms with van der Waals surface area (Å²) >= 11 is 0. The number of benzene rings is 3. The summed E-state index contributed by atoms with van der Waals surface area (Å²) in [6.07, 6.45) is 3.63. The Bertz CT molecular complexity index is 1070. The highest BCUT2D eigenvalue weighted by Gasteiger charge is 2.10. The fourth-order valence-corrected chi connectivity index (χ4v) is 2.88. The van der Waals surface area contributed by atoms with E-state index in [1.807, 2.05) is 60.7 Å². The quantitative estimate of drug-likeness (QED) is 0.246. The lowest BCUT2D eigenvalue weighted by atomic mass is 10.1. The third-order valence-corrected chi connectivity index (χ3v) is 4.68. The SMILES string of the molecule is CCCCOc1ccc(/C=C(\C#N)C(=O)Nc2ccc(OCc3ccccc3)cc2)cc1. The molecule has 0 aliphatic rings. The first-order valence-electron chi connectivity index (χ1n) is 10.6. The Morgan fingerprint density at radius 2 is 1.59 bits per heavy atom. The van der Waals surface area contributed by atoms with Crippen LogP contribution in [0.15, 0.2) is 84.4 Å². The van der Waals surface area contributed by atoms with Gasteiger partial charge in [0.05, 0.1) is 6.61 Å². The topological polar surface area (TPSA) is 71.3 Å². The Kier molecular flexibility index (Phi) is 8.47. The van der Waals surface area contributed by atoms with Crippen molar-refractivity contribution in [1.82, 2.24) is 0 Å². The standard InChI is InChI=1S/C27H26N2O3/c1-2-3-17-31-25-13-9-21(10-14-25)18-23(19-28)27(30)29-24-11-15-26(16-12-24)32-20-22-7-5-4-6-8-22/h4-16,18H,2-3,17,20H2,1H3,(H,29,30)/b23-18+. The second kappa shape index (κ2) is 12.0. The Hall–Kier alpha value is -4.04. The van der Waals surface area contributed by atoms with Crippen LogP contribution in [-0.4, -0.2) is 12.5 Å². The Morgan fingerprint density at radius 1 is 0.938 bits per heavy atom. The van der Waals surface area contributed by atoms with Crippen LogP contribution in [0, 0.1) is 11.3 Å². The Balaban J connectivity index is 1.56. The number of rotatable bonds is 10. The van der Waals surface area contributed by atoms with Gasteiger partial charge in [0.25, 0.3) is 5.91 Å². The van der Waals surface area contributed by atoms with Crippen LogP contribution in [0.4, 0.5) is 5.69 Å². The van der Waals surface area contributed by atoms with Crippen molar-refractivity contribution in [3.05, 3.63) is 95.6 Å². The van der Waals surface area contributed by atoms with Crippen molar-refractivity contribution in [2.24, 2.45) is 0 Å². The fourth-order valence-electron chi connectivity index (χ4n) is 2.88. The van der Waals surface area contributed by atoms with Gasteiger partial charge in [-0.25, -0.2) is 0 Å². The van der Waals surface area contributed by atoms with Crippen LogP contribution in [0.3, 0.4) is 0 Å². The molecule has 0 unspecified atom stereocenters. The van der Waals surface area contributed by atoms with Crippen molar-refractivity contribution in [3.63, 3.8) is 0 Å². The number of nitrogens with zero attached hydrogens (tertiary/aromatic N) is 1. The molecule has 0 heterocycles. The minimum atomic E-state index is -0.464. The first-order valence-corrected chi connectivity index (χ1v) is 10.6. The zero-order valence-corrected chi connectivity index (χ0v) is 18.1. The molecule has 3 aromatic rings. The van der Waals surface area contributed by atoms with Crippen molar-refractivity contribution in [2.45, 2.75) is 26.4 Å². The van der Waals surface area contributed by atoms with Gasteiger partial charge in [-0.3, -0.25) is 4.79 Å². The third-order valence-electron chi connectivity index (χ3n) is 4.68. The number of nitriles is 1. The van der Waals surface area contributed by atoms with Crippen LogP contribution in [0.5, 0.6) is 11.5 Å². The van der Waals surface area contributed by atoms with E-state index in [0.717, 1.165) is 29.7 Å². The highest BCUT2D eigenvalue weighted by Crippen LogP contribution is 2.19. The predicted molar refractivity (Wildman–Crippen MR) is 126 cm³/mol. The van der Waals surface area contributed by atoms with Gasteiger partial charge in [0.1, 0.15) is 29.7 Å². The van der Waals surface area contributed by atoms with E-state index in [2.05, 4.69) is 12.2 Å². The molecule has 0 aromatic heterocycles. The fraction of sp³-hybridized carbons (Fsp3) is 0.185. The molecule has 0 aliphatic heterocycles. The van der Waals surface area contributed by atoms with Gasteiger partial charge in [-0.05, 0) is 60.0 Å². The van der Waals surface area contributed by atoms with Gasteiger partial charge >= 0.3 is 0 Å². The zero-order chi connectivity index (χ0) is 22.6. The summed E-state index contributed by atoms with van der Waals surface area (Å²) in [7, 11) is 0. The molecule has 5 nitrogen and oxygen atoms in total. The monoisotopic (exact) mass is 426 g/mol. The molecule has 5 heteroatoms.